The number of halogens is 1. The van der Waals surface area contributed by atoms with Gasteiger partial charge in [0.1, 0.15) is 0 Å². The fourth-order valence-corrected chi connectivity index (χ4v) is 4.02. The Morgan fingerprint density at radius 1 is 1.32 bits per heavy atom. The molecule has 2 heterocycles. The van der Waals surface area contributed by atoms with Gasteiger partial charge in [-0.05, 0) is 36.7 Å². The van der Waals surface area contributed by atoms with Gasteiger partial charge >= 0.3 is 0 Å². The highest BCUT2D eigenvalue weighted by Gasteiger charge is 2.26. The van der Waals surface area contributed by atoms with E-state index in [1.54, 1.807) is 19.2 Å². The monoisotopic (exact) mass is 518 g/mol. The third-order valence-electron chi connectivity index (χ3n) is 4.85. The number of hydrogen-bond donors (Lipinski definition) is 2. The molecule has 1 unspecified atom stereocenters. The Hall–Kier alpha value is -1.66. The summed E-state index contributed by atoms with van der Waals surface area (Å²) in [5.41, 5.74) is 2.26. The number of sulfonamides is 1. The highest BCUT2D eigenvalue weighted by Crippen LogP contribution is 2.26. The first-order chi connectivity index (χ1) is 12.9. The molecule has 1 atom stereocenters. The number of nitrogens with one attached hydrogen (secondary N) is 2. The van der Waals surface area contributed by atoms with Gasteiger partial charge < -0.3 is 10.2 Å². The van der Waals surface area contributed by atoms with Crippen LogP contribution in [0, 0.1) is 0 Å². The van der Waals surface area contributed by atoms with Gasteiger partial charge in [0.25, 0.3) is 0 Å². The predicted octanol–water partition coefficient (Wildman–Crippen LogP) is 1.51. The second-order valence-electron chi connectivity index (χ2n) is 6.63. The molecule has 1 aliphatic heterocycles. The maximum absolute atomic E-state index is 11.8. The van der Waals surface area contributed by atoms with Crippen LogP contribution in [0.5, 0.6) is 0 Å². The van der Waals surface area contributed by atoms with E-state index in [2.05, 4.69) is 31.2 Å². The van der Waals surface area contributed by atoms with Gasteiger partial charge in [-0.3, -0.25) is 9.67 Å². The minimum absolute atomic E-state index is 0. The number of aryl methyl sites for hydroxylation is 1. The third kappa shape index (κ3) is 5.23. The Labute approximate surface area is 183 Å². The van der Waals surface area contributed by atoms with Crippen LogP contribution in [0.15, 0.2) is 46.5 Å². The van der Waals surface area contributed by atoms with Crippen molar-refractivity contribution in [1.82, 2.24) is 24.7 Å². The van der Waals surface area contributed by atoms with Gasteiger partial charge in [0.05, 0.1) is 11.1 Å². The van der Waals surface area contributed by atoms with Crippen LogP contribution >= 0.6 is 24.0 Å². The zero-order chi connectivity index (χ0) is 19.4. The smallest absolute Gasteiger partial charge is 0.240 e. The lowest BCUT2D eigenvalue weighted by Crippen LogP contribution is -2.39. The molecule has 0 bridgehead atoms. The molecular weight excluding hydrogens is 491 g/mol. The van der Waals surface area contributed by atoms with Crippen LogP contribution in [0.3, 0.4) is 0 Å². The quantitative estimate of drug-likeness (QED) is 0.356. The van der Waals surface area contributed by atoms with Crippen LogP contribution in [0.1, 0.15) is 23.5 Å². The van der Waals surface area contributed by atoms with Crippen LogP contribution in [-0.4, -0.2) is 56.2 Å². The van der Waals surface area contributed by atoms with E-state index >= 15 is 0 Å². The molecule has 1 fully saturated rings. The zero-order valence-electron chi connectivity index (χ0n) is 16.3. The van der Waals surface area contributed by atoms with Crippen LogP contribution in [0.25, 0.3) is 0 Å². The third-order valence-corrected chi connectivity index (χ3v) is 6.28. The molecule has 0 spiro atoms. The molecule has 0 aliphatic carbocycles. The average molecular weight is 518 g/mol. The van der Waals surface area contributed by atoms with Crippen LogP contribution in [0.4, 0.5) is 0 Å². The largest absolute Gasteiger partial charge is 0.352 e. The first kappa shape index (κ1) is 22.6. The van der Waals surface area contributed by atoms with Gasteiger partial charge in [0.2, 0.25) is 10.0 Å². The summed E-state index contributed by atoms with van der Waals surface area (Å²) in [6.07, 6.45) is 5.08. The first-order valence-corrected chi connectivity index (χ1v) is 10.4. The van der Waals surface area contributed by atoms with Gasteiger partial charge in [0, 0.05) is 45.8 Å². The summed E-state index contributed by atoms with van der Waals surface area (Å²) in [5, 5.41) is 7.63. The number of aromatic nitrogens is 2. The molecule has 2 aromatic rings. The normalized spacial score (nSPS) is 17.5. The number of hydrogen-bond acceptors (Lipinski definition) is 4. The molecule has 0 saturated carbocycles. The van der Waals surface area contributed by atoms with Gasteiger partial charge in [-0.2, -0.15) is 5.10 Å². The molecule has 154 valence electrons. The number of aliphatic imine (C=N–C) groups is 1. The van der Waals surface area contributed by atoms with Gasteiger partial charge in [-0.15, -0.1) is 24.0 Å². The van der Waals surface area contributed by atoms with E-state index in [-0.39, 0.29) is 28.9 Å². The first-order valence-electron chi connectivity index (χ1n) is 8.89. The van der Waals surface area contributed by atoms with Crippen LogP contribution < -0.4 is 10.0 Å². The molecule has 0 amide bonds. The molecule has 2 N–H and O–H groups in total. The number of nitrogens with zero attached hydrogens (tertiary/aromatic N) is 4. The van der Waals surface area contributed by atoms with E-state index in [1.807, 2.05) is 30.1 Å². The van der Waals surface area contributed by atoms with E-state index in [9.17, 15) is 8.42 Å². The van der Waals surface area contributed by atoms with Crippen molar-refractivity contribution in [3.8, 4) is 0 Å². The molecule has 1 aromatic heterocycles. The number of rotatable bonds is 5. The van der Waals surface area contributed by atoms with Crippen molar-refractivity contribution < 1.29 is 8.42 Å². The lowest BCUT2D eigenvalue weighted by Gasteiger charge is -2.21. The molecule has 1 aromatic carbocycles. The Balaban J connectivity index is 0.00000280. The summed E-state index contributed by atoms with van der Waals surface area (Å²) in [5.74, 6) is 1.32. The fraction of sp³-hybridized carbons (Fsp3) is 0.444. The predicted molar refractivity (Wildman–Crippen MR) is 120 cm³/mol. The summed E-state index contributed by atoms with van der Waals surface area (Å²) in [6, 6.07) is 6.85. The second-order valence-corrected chi connectivity index (χ2v) is 8.52. The molecule has 28 heavy (non-hydrogen) atoms. The van der Waals surface area contributed by atoms with E-state index < -0.39 is 10.0 Å². The maximum atomic E-state index is 11.8. The number of guanidine groups is 1. The van der Waals surface area contributed by atoms with Gasteiger partial charge in [0.15, 0.2) is 5.96 Å². The summed E-state index contributed by atoms with van der Waals surface area (Å²) in [4.78, 5) is 6.90. The van der Waals surface area contributed by atoms with Crippen molar-refractivity contribution in [3.63, 3.8) is 0 Å². The van der Waals surface area contributed by atoms with Crippen molar-refractivity contribution in [2.45, 2.75) is 23.8 Å². The minimum Gasteiger partial charge on any atom is -0.352 e. The average Bonchev–Trinajstić information content (AvgIpc) is 3.32. The SMILES string of the molecule is CN=C(NCc1ccc(S(=O)(=O)NC)cc1)N1CCC(c2cnn(C)c2)C1.I. The molecule has 0 radical (unpaired) electrons. The highest BCUT2D eigenvalue weighted by atomic mass is 127. The Bertz CT molecular complexity index is 910. The standard InChI is InChI=1S/C18H26N6O2S.HI/c1-19-18(24-9-8-15(13-24)16-11-22-23(3)12-16)21-10-14-4-6-17(7-5-14)27(25,26)20-2;/h4-7,11-12,15,20H,8-10,13H2,1-3H3,(H,19,21);1H. The van der Waals surface area contributed by atoms with Gasteiger partial charge in [-0.1, -0.05) is 12.1 Å². The molecule has 10 heteroatoms. The Kier molecular flexibility index (Phi) is 7.84. The topological polar surface area (TPSA) is 91.6 Å². The second kappa shape index (κ2) is 9.70. The molecule has 3 rings (SSSR count). The molecule has 8 nitrogen and oxygen atoms in total. The molecule has 1 saturated heterocycles. The summed E-state index contributed by atoms with van der Waals surface area (Å²) in [6.45, 7) is 2.43. The zero-order valence-corrected chi connectivity index (χ0v) is 19.4. The Morgan fingerprint density at radius 3 is 2.61 bits per heavy atom. The van der Waals surface area contributed by atoms with Crippen molar-refractivity contribution in [1.29, 1.82) is 0 Å². The summed E-state index contributed by atoms with van der Waals surface area (Å²) in [7, 11) is 1.72. The van der Waals surface area contributed by atoms with E-state index in [4.69, 9.17) is 0 Å². The molecular formula is C18H27IN6O2S. The summed E-state index contributed by atoms with van der Waals surface area (Å²) >= 11 is 0. The van der Waals surface area contributed by atoms with E-state index in [0.717, 1.165) is 31.0 Å². The van der Waals surface area contributed by atoms with Crippen LogP contribution in [-0.2, 0) is 23.6 Å². The van der Waals surface area contributed by atoms with Gasteiger partial charge in [-0.25, -0.2) is 13.1 Å². The summed E-state index contributed by atoms with van der Waals surface area (Å²) < 4.78 is 27.7. The van der Waals surface area contributed by atoms with Crippen molar-refractivity contribution in [3.05, 3.63) is 47.8 Å². The van der Waals surface area contributed by atoms with Crippen molar-refractivity contribution >= 4 is 40.0 Å². The fourth-order valence-electron chi connectivity index (χ4n) is 3.29. The highest BCUT2D eigenvalue weighted by molar-refractivity contribution is 14.0. The number of benzene rings is 1. The lowest BCUT2D eigenvalue weighted by atomic mass is 10.0. The van der Waals surface area contributed by atoms with E-state index in [1.165, 1.54) is 12.6 Å². The molecule has 1 aliphatic rings. The van der Waals surface area contributed by atoms with Crippen LogP contribution in [0.2, 0.25) is 0 Å². The van der Waals surface area contributed by atoms with Crippen molar-refractivity contribution in [2.24, 2.45) is 12.0 Å². The maximum Gasteiger partial charge on any atom is 0.240 e. The minimum atomic E-state index is -3.40. The lowest BCUT2D eigenvalue weighted by molar-refractivity contribution is 0.486. The number of likely N-dealkylation sites (tertiary alicyclic amines) is 1. The van der Waals surface area contributed by atoms with Crippen molar-refractivity contribution in [2.75, 3.05) is 27.2 Å². The van der Waals surface area contributed by atoms with E-state index in [0.29, 0.717) is 12.5 Å². The Morgan fingerprint density at radius 2 is 2.04 bits per heavy atom.